The molecule has 0 saturated heterocycles. The van der Waals surface area contributed by atoms with Crippen molar-refractivity contribution in [1.82, 2.24) is 31.6 Å². The first-order valence-corrected chi connectivity index (χ1v) is 7.93. The summed E-state index contributed by atoms with van der Waals surface area (Å²) in [6.45, 7) is 5.83. The fraction of sp³-hybridized carbons (Fsp3) is 0.533. The number of fused-ring (bicyclic) bond motifs is 2. The standard InChI is InChI=1S/C15H24N6O2.Cd/c22-14-12-2-1-3-13(21-12)15(23)20-11-9-18-7-5-16-4-6-17-8-10-19-14;/h1-3,16-18H,4-11H2,(H,19,22)(H,20,23);/q;+2. The number of nitrogens with one attached hydrogen (secondary N) is 5. The Labute approximate surface area is 162 Å². The summed E-state index contributed by atoms with van der Waals surface area (Å²) in [5, 5.41) is 15.4. The van der Waals surface area contributed by atoms with Gasteiger partial charge in [-0.2, -0.15) is 0 Å². The van der Waals surface area contributed by atoms with Gasteiger partial charge < -0.3 is 26.6 Å². The molecule has 1 aliphatic heterocycles. The number of pyridine rings is 1. The van der Waals surface area contributed by atoms with Crippen molar-refractivity contribution in [3.05, 3.63) is 29.6 Å². The van der Waals surface area contributed by atoms with Crippen LogP contribution in [0.25, 0.3) is 0 Å². The molecular formula is C15H24CdN6O2+2. The van der Waals surface area contributed by atoms with Crippen molar-refractivity contribution in [2.75, 3.05) is 52.4 Å². The average molecular weight is 433 g/mol. The zero-order chi connectivity index (χ0) is 16.3. The average Bonchev–Trinajstić information content (AvgIpc) is 2.58. The van der Waals surface area contributed by atoms with Gasteiger partial charge in [0.1, 0.15) is 11.4 Å². The van der Waals surface area contributed by atoms with Crippen LogP contribution in [-0.2, 0) is 27.3 Å². The number of carbonyl (C=O) groups excluding carboxylic acids is 2. The number of carbonyl (C=O) groups is 2. The number of hydrogen-bond acceptors (Lipinski definition) is 6. The Morgan fingerprint density at radius 1 is 0.667 bits per heavy atom. The maximum absolute atomic E-state index is 12.0. The van der Waals surface area contributed by atoms with E-state index in [2.05, 4.69) is 31.6 Å². The van der Waals surface area contributed by atoms with Gasteiger partial charge in [0.05, 0.1) is 0 Å². The summed E-state index contributed by atoms with van der Waals surface area (Å²) in [6, 6.07) is 4.87. The van der Waals surface area contributed by atoms with Crippen LogP contribution >= 0.6 is 0 Å². The fourth-order valence-electron chi connectivity index (χ4n) is 2.13. The molecule has 2 rings (SSSR count). The Balaban J connectivity index is 0.00000288. The zero-order valence-electron chi connectivity index (χ0n) is 13.9. The number of aromatic nitrogens is 1. The van der Waals surface area contributed by atoms with Crippen LogP contribution in [0.3, 0.4) is 0 Å². The summed E-state index contributed by atoms with van der Waals surface area (Å²) in [7, 11) is 0. The number of nitrogens with zero attached hydrogens (tertiary/aromatic N) is 1. The molecule has 9 heteroatoms. The van der Waals surface area contributed by atoms with Gasteiger partial charge in [-0.3, -0.25) is 9.59 Å². The van der Waals surface area contributed by atoms with Crippen molar-refractivity contribution in [3.8, 4) is 0 Å². The molecule has 2 amide bonds. The SMILES string of the molecule is O=C1NCCNCCNCCNCCNC(=O)c2cccc1n2.[Cd+2]. The molecular weight excluding hydrogens is 409 g/mol. The third-order valence-electron chi connectivity index (χ3n) is 3.35. The first-order valence-electron chi connectivity index (χ1n) is 7.93. The molecule has 24 heavy (non-hydrogen) atoms. The van der Waals surface area contributed by atoms with Gasteiger partial charge in [-0.1, -0.05) is 6.07 Å². The normalized spacial score (nSPS) is 18.3. The molecule has 0 aromatic carbocycles. The molecule has 0 spiro atoms. The predicted molar refractivity (Wildman–Crippen MR) is 87.5 cm³/mol. The molecule has 126 valence electrons. The second kappa shape index (κ2) is 12.3. The van der Waals surface area contributed by atoms with Gasteiger partial charge in [-0.05, 0) is 12.1 Å². The van der Waals surface area contributed by atoms with Crippen LogP contribution < -0.4 is 26.6 Å². The molecule has 0 atom stereocenters. The smallest absolute Gasteiger partial charge is 0.349 e. The summed E-state index contributed by atoms with van der Waals surface area (Å²) >= 11 is 0. The Bertz CT molecular complexity index is 487. The third-order valence-corrected chi connectivity index (χ3v) is 3.35. The second-order valence-electron chi connectivity index (χ2n) is 5.17. The van der Waals surface area contributed by atoms with E-state index in [0.29, 0.717) is 26.2 Å². The van der Waals surface area contributed by atoms with Crippen molar-refractivity contribution in [2.45, 2.75) is 0 Å². The maximum Gasteiger partial charge on any atom is 2.00 e. The van der Waals surface area contributed by atoms with Crippen molar-refractivity contribution in [2.24, 2.45) is 0 Å². The maximum atomic E-state index is 12.0. The Morgan fingerprint density at radius 3 is 1.46 bits per heavy atom. The Kier molecular flexibility index (Phi) is 10.7. The van der Waals surface area contributed by atoms with E-state index in [1.807, 2.05) is 0 Å². The van der Waals surface area contributed by atoms with E-state index < -0.39 is 0 Å². The second-order valence-corrected chi connectivity index (χ2v) is 5.17. The molecule has 1 aromatic heterocycles. The van der Waals surface area contributed by atoms with E-state index in [0.717, 1.165) is 26.2 Å². The van der Waals surface area contributed by atoms with Crippen LogP contribution in [0.1, 0.15) is 21.0 Å². The van der Waals surface area contributed by atoms with Crippen LogP contribution in [0.15, 0.2) is 18.2 Å². The van der Waals surface area contributed by atoms with Crippen molar-refractivity contribution < 1.29 is 36.9 Å². The first kappa shape index (κ1) is 20.9. The molecule has 2 heterocycles. The zero-order valence-corrected chi connectivity index (χ0v) is 17.9. The molecule has 5 N–H and O–H groups in total. The Hall–Kier alpha value is -1.11. The van der Waals surface area contributed by atoms with Crippen LogP contribution in [-0.4, -0.2) is 69.2 Å². The van der Waals surface area contributed by atoms with E-state index in [4.69, 9.17) is 0 Å². The van der Waals surface area contributed by atoms with Crippen LogP contribution in [0.2, 0.25) is 0 Å². The molecule has 0 aliphatic carbocycles. The van der Waals surface area contributed by atoms with Gasteiger partial charge >= 0.3 is 27.3 Å². The molecule has 1 aliphatic rings. The van der Waals surface area contributed by atoms with Gasteiger partial charge in [0.15, 0.2) is 0 Å². The quantitative estimate of drug-likeness (QED) is 0.314. The van der Waals surface area contributed by atoms with E-state index in [1.165, 1.54) is 0 Å². The predicted octanol–water partition coefficient (Wildman–Crippen LogP) is -1.68. The van der Waals surface area contributed by atoms with Gasteiger partial charge in [0, 0.05) is 52.4 Å². The summed E-state index contributed by atoms with van der Waals surface area (Å²) < 4.78 is 0. The van der Waals surface area contributed by atoms with E-state index in [-0.39, 0.29) is 50.5 Å². The van der Waals surface area contributed by atoms with E-state index in [9.17, 15) is 9.59 Å². The Morgan fingerprint density at radius 2 is 1.04 bits per heavy atom. The summed E-state index contributed by atoms with van der Waals surface area (Å²) in [5.41, 5.74) is 0.497. The van der Waals surface area contributed by atoms with Crippen LogP contribution in [0.5, 0.6) is 0 Å². The van der Waals surface area contributed by atoms with Crippen LogP contribution in [0, 0.1) is 0 Å². The number of hydrogen-bond donors (Lipinski definition) is 5. The van der Waals surface area contributed by atoms with Gasteiger partial charge in [-0.25, -0.2) is 4.98 Å². The topological polar surface area (TPSA) is 107 Å². The summed E-state index contributed by atoms with van der Waals surface area (Å²) in [5.74, 6) is -0.551. The molecule has 0 saturated carbocycles. The summed E-state index contributed by atoms with van der Waals surface area (Å²) in [4.78, 5) is 28.2. The van der Waals surface area contributed by atoms with Gasteiger partial charge in [0.25, 0.3) is 11.8 Å². The van der Waals surface area contributed by atoms with Gasteiger partial charge in [-0.15, -0.1) is 0 Å². The fourth-order valence-corrected chi connectivity index (χ4v) is 2.13. The van der Waals surface area contributed by atoms with Crippen molar-refractivity contribution >= 4 is 11.8 Å². The third kappa shape index (κ3) is 7.64. The molecule has 0 unspecified atom stereocenters. The number of amides is 2. The first-order chi connectivity index (χ1) is 11.3. The number of rotatable bonds is 0. The largest absolute Gasteiger partial charge is 2.00 e. The molecule has 2 bridgehead atoms. The van der Waals surface area contributed by atoms with E-state index >= 15 is 0 Å². The van der Waals surface area contributed by atoms with Crippen molar-refractivity contribution in [1.29, 1.82) is 0 Å². The minimum Gasteiger partial charge on any atom is -0.349 e. The van der Waals surface area contributed by atoms with Crippen molar-refractivity contribution in [3.63, 3.8) is 0 Å². The van der Waals surface area contributed by atoms with Gasteiger partial charge in [0.2, 0.25) is 0 Å². The summed E-state index contributed by atoms with van der Waals surface area (Å²) in [6.07, 6.45) is 0. The molecule has 1 aromatic rings. The minimum atomic E-state index is -0.276. The molecule has 0 fully saturated rings. The van der Waals surface area contributed by atoms with Crippen LogP contribution in [0.4, 0.5) is 0 Å². The molecule has 0 radical (unpaired) electrons. The van der Waals surface area contributed by atoms with E-state index in [1.54, 1.807) is 18.2 Å². The molecule has 8 nitrogen and oxygen atoms in total. The monoisotopic (exact) mass is 434 g/mol. The minimum absolute atomic E-state index is 0.